The van der Waals surface area contributed by atoms with Crippen LogP contribution in [0, 0.1) is 0 Å². The molecule has 3 aromatic heterocycles. The number of rotatable bonds is 5. The van der Waals surface area contributed by atoms with Crippen LogP contribution in [-0.4, -0.2) is 0 Å². The Bertz CT molecular complexity index is 3110. The predicted molar refractivity (Wildman–Crippen MR) is 219 cm³/mol. The van der Waals surface area contributed by atoms with E-state index in [2.05, 4.69) is 169 Å². The van der Waals surface area contributed by atoms with E-state index in [1.54, 1.807) is 0 Å². The third-order valence-electron chi connectivity index (χ3n) is 10.3. The number of hydrogen-bond acceptors (Lipinski definition) is 4. The van der Waals surface area contributed by atoms with Gasteiger partial charge in [-0.15, -0.1) is 11.3 Å². The molecule has 0 fully saturated rings. The number of thiophene rings is 1. The van der Waals surface area contributed by atoms with Gasteiger partial charge in [-0.25, -0.2) is 0 Å². The molecule has 0 radical (unpaired) electrons. The first-order valence-corrected chi connectivity index (χ1v) is 18.3. The molecule has 11 aromatic rings. The zero-order valence-corrected chi connectivity index (χ0v) is 28.7. The van der Waals surface area contributed by atoms with Crippen molar-refractivity contribution in [3.63, 3.8) is 0 Å². The zero-order valence-electron chi connectivity index (χ0n) is 27.9. The molecule has 0 N–H and O–H groups in total. The van der Waals surface area contributed by atoms with Gasteiger partial charge in [-0.1, -0.05) is 115 Å². The van der Waals surface area contributed by atoms with Crippen molar-refractivity contribution in [3.05, 3.63) is 176 Å². The Morgan fingerprint density at radius 1 is 0.385 bits per heavy atom. The van der Waals surface area contributed by atoms with E-state index in [9.17, 15) is 0 Å². The molecule has 11 rings (SSSR count). The number of para-hydroxylation sites is 1. The lowest BCUT2D eigenvalue weighted by Gasteiger charge is -2.26. The monoisotopic (exact) mass is 683 g/mol. The molecule has 3 nitrogen and oxygen atoms in total. The molecule has 0 amide bonds. The summed E-state index contributed by atoms with van der Waals surface area (Å²) in [6, 6.07) is 62.5. The standard InChI is InChI=1S/C48H29NO2S/c1-2-10-30(11-3-1)31-20-24-33(25-21-31)49(34-26-22-32(23-27-34)35-14-8-15-39-37-13-5-7-19-44(37)52-48(35)39)40-16-9-18-42-45(40)46-43(50-42)29-28-38-36-12-4-6-17-41(36)51-47(38)46/h1-29H. The molecule has 0 aliphatic heterocycles. The van der Waals surface area contributed by atoms with Crippen molar-refractivity contribution in [1.82, 2.24) is 0 Å². The fraction of sp³-hybridized carbons (Fsp3) is 0. The van der Waals surface area contributed by atoms with E-state index >= 15 is 0 Å². The molecule has 0 aliphatic carbocycles. The molecule has 0 aliphatic rings. The molecule has 0 bridgehead atoms. The highest BCUT2D eigenvalue weighted by molar-refractivity contribution is 7.26. The minimum atomic E-state index is 0.806. The van der Waals surface area contributed by atoms with Crippen LogP contribution in [0.2, 0.25) is 0 Å². The SMILES string of the molecule is c1ccc(-c2ccc(N(c3ccc(-c4cccc5c4sc4ccccc45)cc3)c3cccc4oc5ccc6c7ccccc7oc6c5c34)cc2)cc1. The summed E-state index contributed by atoms with van der Waals surface area (Å²) in [5, 5.41) is 6.80. The third kappa shape index (κ3) is 4.45. The fourth-order valence-corrected chi connectivity index (χ4v) is 9.12. The molecule has 0 saturated heterocycles. The van der Waals surface area contributed by atoms with Crippen LogP contribution in [0.3, 0.4) is 0 Å². The summed E-state index contributed by atoms with van der Waals surface area (Å²) in [5.41, 5.74) is 11.3. The highest BCUT2D eigenvalue weighted by atomic mass is 32.1. The third-order valence-corrected chi connectivity index (χ3v) is 11.5. The first-order valence-electron chi connectivity index (χ1n) is 17.5. The van der Waals surface area contributed by atoms with Crippen LogP contribution in [0.1, 0.15) is 0 Å². The molecular formula is C48H29NO2S. The maximum absolute atomic E-state index is 6.59. The fourth-order valence-electron chi connectivity index (χ4n) is 7.88. The number of furan rings is 2. The Morgan fingerprint density at radius 2 is 1.02 bits per heavy atom. The van der Waals surface area contributed by atoms with Gasteiger partial charge in [-0.05, 0) is 82.9 Å². The van der Waals surface area contributed by atoms with Crippen LogP contribution in [0.15, 0.2) is 185 Å². The first-order chi connectivity index (χ1) is 25.8. The molecule has 0 atom stereocenters. The lowest BCUT2D eigenvalue weighted by atomic mass is 10.0. The molecular weight excluding hydrogens is 655 g/mol. The van der Waals surface area contributed by atoms with Gasteiger partial charge in [0.05, 0.1) is 16.5 Å². The topological polar surface area (TPSA) is 29.5 Å². The van der Waals surface area contributed by atoms with Crippen molar-refractivity contribution in [3.8, 4) is 22.3 Å². The van der Waals surface area contributed by atoms with E-state index in [1.165, 1.54) is 42.4 Å². The van der Waals surface area contributed by atoms with Crippen molar-refractivity contribution in [2.45, 2.75) is 0 Å². The van der Waals surface area contributed by atoms with Gasteiger partial charge in [-0.2, -0.15) is 0 Å². The zero-order chi connectivity index (χ0) is 34.2. The van der Waals surface area contributed by atoms with E-state index in [-0.39, 0.29) is 0 Å². The summed E-state index contributed by atoms with van der Waals surface area (Å²) in [4.78, 5) is 2.34. The van der Waals surface area contributed by atoms with Crippen molar-refractivity contribution in [1.29, 1.82) is 0 Å². The summed E-state index contributed by atoms with van der Waals surface area (Å²) in [6.45, 7) is 0. The maximum Gasteiger partial charge on any atom is 0.147 e. The lowest BCUT2D eigenvalue weighted by molar-refractivity contribution is 0.663. The minimum Gasteiger partial charge on any atom is -0.456 e. The Balaban J connectivity index is 1.12. The molecule has 52 heavy (non-hydrogen) atoms. The predicted octanol–water partition coefficient (Wildman–Crippen LogP) is 14.7. The van der Waals surface area contributed by atoms with E-state index in [0.29, 0.717) is 0 Å². The average Bonchev–Trinajstić information content (AvgIpc) is 3.90. The van der Waals surface area contributed by atoms with Gasteiger partial charge in [0.2, 0.25) is 0 Å². The van der Waals surface area contributed by atoms with Crippen molar-refractivity contribution < 1.29 is 8.83 Å². The Kier molecular flexibility index (Phi) is 6.42. The maximum atomic E-state index is 6.59. The number of nitrogens with zero attached hydrogens (tertiary/aromatic N) is 1. The second-order valence-corrected chi connectivity index (χ2v) is 14.3. The van der Waals surface area contributed by atoms with Crippen LogP contribution in [0.25, 0.3) is 86.3 Å². The number of fused-ring (bicyclic) bond motifs is 10. The first kappa shape index (κ1) is 29.1. The molecule has 3 heterocycles. The Labute approximate surface area is 303 Å². The van der Waals surface area contributed by atoms with Gasteiger partial charge in [-0.3, -0.25) is 0 Å². The van der Waals surface area contributed by atoms with Gasteiger partial charge >= 0.3 is 0 Å². The largest absolute Gasteiger partial charge is 0.456 e. The average molecular weight is 684 g/mol. The number of hydrogen-bond donors (Lipinski definition) is 0. The smallest absolute Gasteiger partial charge is 0.147 e. The lowest BCUT2D eigenvalue weighted by Crippen LogP contribution is -2.10. The molecule has 4 heteroatoms. The highest BCUT2D eigenvalue weighted by Crippen LogP contribution is 2.47. The second kappa shape index (κ2) is 11.5. The van der Waals surface area contributed by atoms with Crippen molar-refractivity contribution in [2.24, 2.45) is 0 Å². The van der Waals surface area contributed by atoms with E-state index in [4.69, 9.17) is 8.83 Å². The summed E-state index contributed by atoms with van der Waals surface area (Å²) >= 11 is 1.86. The summed E-state index contributed by atoms with van der Waals surface area (Å²) in [6.07, 6.45) is 0. The number of anilines is 3. The normalized spacial score (nSPS) is 11.8. The van der Waals surface area contributed by atoms with Gasteiger partial charge < -0.3 is 13.7 Å². The van der Waals surface area contributed by atoms with E-state index < -0.39 is 0 Å². The van der Waals surface area contributed by atoms with Gasteiger partial charge in [0, 0.05) is 42.3 Å². The van der Waals surface area contributed by atoms with Crippen molar-refractivity contribution in [2.75, 3.05) is 4.90 Å². The Morgan fingerprint density at radius 3 is 1.85 bits per heavy atom. The number of benzene rings is 8. The van der Waals surface area contributed by atoms with Crippen LogP contribution in [-0.2, 0) is 0 Å². The van der Waals surface area contributed by atoms with Gasteiger partial charge in [0.25, 0.3) is 0 Å². The quantitative estimate of drug-likeness (QED) is 0.181. The van der Waals surface area contributed by atoms with Crippen LogP contribution in [0.5, 0.6) is 0 Å². The Hall–Kier alpha value is -6.62. The minimum absolute atomic E-state index is 0.806. The van der Waals surface area contributed by atoms with Crippen LogP contribution >= 0.6 is 11.3 Å². The highest BCUT2D eigenvalue weighted by Gasteiger charge is 2.23. The van der Waals surface area contributed by atoms with E-state index in [1.807, 2.05) is 23.5 Å². The van der Waals surface area contributed by atoms with E-state index in [0.717, 1.165) is 60.9 Å². The molecule has 0 spiro atoms. The molecule has 8 aromatic carbocycles. The van der Waals surface area contributed by atoms with Crippen molar-refractivity contribution >= 4 is 92.4 Å². The van der Waals surface area contributed by atoms with Gasteiger partial charge in [0.15, 0.2) is 0 Å². The second-order valence-electron chi connectivity index (χ2n) is 13.2. The van der Waals surface area contributed by atoms with Gasteiger partial charge in [0.1, 0.15) is 22.3 Å². The molecule has 0 saturated carbocycles. The van der Waals surface area contributed by atoms with Crippen LogP contribution in [0.4, 0.5) is 17.1 Å². The summed E-state index contributed by atoms with van der Waals surface area (Å²) in [5.74, 6) is 0. The summed E-state index contributed by atoms with van der Waals surface area (Å²) in [7, 11) is 0. The summed E-state index contributed by atoms with van der Waals surface area (Å²) < 4.78 is 15.8. The molecule has 244 valence electrons. The molecule has 0 unspecified atom stereocenters. The van der Waals surface area contributed by atoms with Crippen LogP contribution < -0.4 is 4.90 Å².